The van der Waals surface area contributed by atoms with Gasteiger partial charge in [-0.15, -0.1) is 0 Å². The Bertz CT molecular complexity index is 715. The Morgan fingerprint density at radius 1 is 1.50 bits per heavy atom. The number of hydrogen-bond acceptors (Lipinski definition) is 7. The molecule has 0 bridgehead atoms. The molecule has 0 radical (unpaired) electrons. The van der Waals surface area contributed by atoms with Gasteiger partial charge in [-0.05, 0) is 27.2 Å². The van der Waals surface area contributed by atoms with Crippen LogP contribution in [0.1, 0.15) is 37.8 Å². The van der Waals surface area contributed by atoms with E-state index in [-0.39, 0.29) is 11.6 Å². The van der Waals surface area contributed by atoms with Crippen LogP contribution in [0.3, 0.4) is 0 Å². The number of nitrogen functional groups attached to an aromatic ring is 1. The van der Waals surface area contributed by atoms with Gasteiger partial charge in [-0.3, -0.25) is 0 Å². The molecule has 8 heteroatoms. The van der Waals surface area contributed by atoms with Gasteiger partial charge in [0.2, 0.25) is 5.82 Å². The highest BCUT2D eigenvalue weighted by molar-refractivity contribution is 5.90. The van der Waals surface area contributed by atoms with Crippen molar-refractivity contribution in [2.75, 3.05) is 12.3 Å². The summed E-state index contributed by atoms with van der Waals surface area (Å²) in [4.78, 5) is 24.6. The van der Waals surface area contributed by atoms with Crippen LogP contribution in [0.15, 0.2) is 6.33 Å². The standard InChI is InChI=1S/C14H19N5O3/c1-14(2,3)22-13(20)11-17-10(15)9-12(18-11)19(7-16-9)5-4-8-6-21-8/h7-8H,4-6H2,1-3H3,(H2,15,17,18)/t8-/m1/s1. The number of epoxide rings is 1. The maximum Gasteiger partial charge on any atom is 0.377 e. The van der Waals surface area contributed by atoms with Gasteiger partial charge < -0.3 is 19.8 Å². The smallest absolute Gasteiger partial charge is 0.377 e. The van der Waals surface area contributed by atoms with Gasteiger partial charge >= 0.3 is 5.97 Å². The lowest BCUT2D eigenvalue weighted by Crippen LogP contribution is -2.25. The molecule has 1 fully saturated rings. The summed E-state index contributed by atoms with van der Waals surface area (Å²) in [5, 5.41) is 0. The zero-order valence-corrected chi connectivity index (χ0v) is 12.9. The number of nitrogens with two attached hydrogens (primary N) is 1. The quantitative estimate of drug-likeness (QED) is 0.666. The average molecular weight is 305 g/mol. The lowest BCUT2D eigenvalue weighted by Gasteiger charge is -2.18. The van der Waals surface area contributed by atoms with E-state index in [2.05, 4.69) is 15.0 Å². The van der Waals surface area contributed by atoms with E-state index in [9.17, 15) is 4.79 Å². The Hall–Kier alpha value is -2.22. The summed E-state index contributed by atoms with van der Waals surface area (Å²) in [6, 6.07) is 0. The molecule has 8 nitrogen and oxygen atoms in total. The SMILES string of the molecule is CC(C)(C)OC(=O)c1nc(N)c2ncn(CC[C@@H]3CO3)c2n1. The van der Waals surface area contributed by atoms with Crippen LogP contribution >= 0.6 is 0 Å². The number of ether oxygens (including phenoxy) is 2. The van der Waals surface area contributed by atoms with Crippen LogP contribution in [-0.4, -0.2) is 43.8 Å². The van der Waals surface area contributed by atoms with E-state index in [4.69, 9.17) is 15.2 Å². The lowest BCUT2D eigenvalue weighted by molar-refractivity contribution is 0.00561. The van der Waals surface area contributed by atoms with Crippen molar-refractivity contribution in [2.24, 2.45) is 0 Å². The molecule has 3 rings (SSSR count). The maximum absolute atomic E-state index is 12.1. The number of carbonyl (C=O) groups is 1. The zero-order chi connectivity index (χ0) is 15.9. The Morgan fingerprint density at radius 3 is 2.86 bits per heavy atom. The van der Waals surface area contributed by atoms with Crippen LogP contribution in [0, 0.1) is 0 Å². The molecule has 1 aliphatic rings. The normalized spacial score (nSPS) is 17.7. The molecule has 2 aromatic heterocycles. The molecule has 0 aromatic carbocycles. The molecule has 22 heavy (non-hydrogen) atoms. The summed E-state index contributed by atoms with van der Waals surface area (Å²) < 4.78 is 12.3. The van der Waals surface area contributed by atoms with Crippen molar-refractivity contribution in [1.29, 1.82) is 0 Å². The first-order valence-electron chi connectivity index (χ1n) is 7.17. The minimum Gasteiger partial charge on any atom is -0.454 e. The zero-order valence-electron chi connectivity index (χ0n) is 12.9. The summed E-state index contributed by atoms with van der Waals surface area (Å²) >= 11 is 0. The Labute approximate surface area is 127 Å². The highest BCUT2D eigenvalue weighted by Crippen LogP contribution is 2.20. The van der Waals surface area contributed by atoms with Gasteiger partial charge in [0.1, 0.15) is 11.1 Å². The van der Waals surface area contributed by atoms with Crippen LogP contribution in [0.4, 0.5) is 5.82 Å². The predicted octanol–water partition coefficient (Wildman–Crippen LogP) is 1.15. The summed E-state index contributed by atoms with van der Waals surface area (Å²) in [6.07, 6.45) is 2.83. The van der Waals surface area contributed by atoms with Crippen molar-refractivity contribution in [1.82, 2.24) is 19.5 Å². The van der Waals surface area contributed by atoms with Gasteiger partial charge in [0.05, 0.1) is 19.0 Å². The van der Waals surface area contributed by atoms with E-state index < -0.39 is 11.6 Å². The van der Waals surface area contributed by atoms with E-state index in [0.717, 1.165) is 13.0 Å². The molecule has 2 aromatic rings. The molecule has 1 atom stereocenters. The number of anilines is 1. The van der Waals surface area contributed by atoms with Crippen molar-refractivity contribution in [2.45, 2.75) is 45.4 Å². The summed E-state index contributed by atoms with van der Waals surface area (Å²) in [5.74, 6) is -0.476. The third kappa shape index (κ3) is 3.16. The Morgan fingerprint density at radius 2 is 2.23 bits per heavy atom. The molecular formula is C14H19N5O3. The number of imidazole rings is 1. The van der Waals surface area contributed by atoms with Gasteiger partial charge in [0, 0.05) is 6.54 Å². The van der Waals surface area contributed by atoms with Crippen molar-refractivity contribution in [3.8, 4) is 0 Å². The highest BCUT2D eigenvalue weighted by atomic mass is 16.6. The molecule has 1 saturated heterocycles. The molecule has 0 spiro atoms. The molecule has 0 saturated carbocycles. The predicted molar refractivity (Wildman–Crippen MR) is 79.3 cm³/mol. The molecular weight excluding hydrogens is 286 g/mol. The average Bonchev–Trinajstić information content (AvgIpc) is 3.14. The summed E-state index contributed by atoms with van der Waals surface area (Å²) in [6.45, 7) is 6.85. The summed E-state index contributed by atoms with van der Waals surface area (Å²) in [7, 11) is 0. The number of aromatic nitrogens is 4. The monoisotopic (exact) mass is 305 g/mol. The minimum atomic E-state index is -0.617. The number of carbonyl (C=O) groups excluding carboxylic acids is 1. The van der Waals surface area contributed by atoms with Crippen LogP contribution in [0.25, 0.3) is 11.2 Å². The topological polar surface area (TPSA) is 108 Å². The molecule has 0 unspecified atom stereocenters. The molecule has 2 N–H and O–H groups in total. The van der Waals surface area contributed by atoms with E-state index in [0.29, 0.717) is 23.8 Å². The first-order chi connectivity index (χ1) is 10.3. The third-order valence-electron chi connectivity index (χ3n) is 3.17. The number of rotatable bonds is 4. The second-order valence-electron chi connectivity index (χ2n) is 6.29. The third-order valence-corrected chi connectivity index (χ3v) is 3.17. The molecule has 0 amide bonds. The fraction of sp³-hybridized carbons (Fsp3) is 0.571. The van der Waals surface area contributed by atoms with E-state index in [1.807, 2.05) is 4.57 Å². The highest BCUT2D eigenvalue weighted by Gasteiger charge is 2.24. The fourth-order valence-corrected chi connectivity index (χ4v) is 2.06. The van der Waals surface area contributed by atoms with Gasteiger partial charge in [-0.2, -0.15) is 0 Å². The van der Waals surface area contributed by atoms with E-state index in [1.54, 1.807) is 27.1 Å². The fourth-order valence-electron chi connectivity index (χ4n) is 2.06. The number of nitrogens with zero attached hydrogens (tertiary/aromatic N) is 4. The Balaban J connectivity index is 1.90. The van der Waals surface area contributed by atoms with Crippen LogP contribution in [0.5, 0.6) is 0 Å². The molecule has 0 aliphatic carbocycles. The van der Waals surface area contributed by atoms with Gasteiger partial charge in [0.15, 0.2) is 11.5 Å². The first kappa shape index (κ1) is 14.7. The maximum atomic E-state index is 12.1. The van der Waals surface area contributed by atoms with Crippen molar-refractivity contribution in [3.63, 3.8) is 0 Å². The van der Waals surface area contributed by atoms with Crippen LogP contribution in [0.2, 0.25) is 0 Å². The van der Waals surface area contributed by atoms with Gasteiger partial charge in [-0.25, -0.2) is 19.7 Å². The van der Waals surface area contributed by atoms with Crippen molar-refractivity contribution in [3.05, 3.63) is 12.2 Å². The second kappa shape index (κ2) is 5.20. The minimum absolute atomic E-state index is 0.0515. The molecule has 1 aliphatic heterocycles. The van der Waals surface area contributed by atoms with Gasteiger partial charge in [-0.1, -0.05) is 0 Å². The van der Waals surface area contributed by atoms with E-state index in [1.165, 1.54) is 0 Å². The second-order valence-corrected chi connectivity index (χ2v) is 6.29. The van der Waals surface area contributed by atoms with Gasteiger partial charge in [0.25, 0.3) is 0 Å². The van der Waals surface area contributed by atoms with Crippen LogP contribution < -0.4 is 5.73 Å². The van der Waals surface area contributed by atoms with Crippen molar-refractivity contribution < 1.29 is 14.3 Å². The van der Waals surface area contributed by atoms with Crippen LogP contribution in [-0.2, 0) is 16.0 Å². The van der Waals surface area contributed by atoms with E-state index >= 15 is 0 Å². The first-order valence-corrected chi connectivity index (χ1v) is 7.17. The number of hydrogen-bond donors (Lipinski definition) is 1. The molecule has 118 valence electrons. The van der Waals surface area contributed by atoms with Crippen molar-refractivity contribution >= 4 is 23.0 Å². The Kier molecular flexibility index (Phi) is 3.48. The number of aryl methyl sites for hydroxylation is 1. The number of fused-ring (bicyclic) bond motifs is 1. The summed E-state index contributed by atoms with van der Waals surface area (Å²) in [5.41, 5.74) is 6.29. The molecule has 3 heterocycles. The number of esters is 1. The lowest BCUT2D eigenvalue weighted by atomic mass is 10.2. The largest absolute Gasteiger partial charge is 0.454 e.